The Labute approximate surface area is 196 Å². The van der Waals surface area contributed by atoms with Crippen LogP contribution in [0.25, 0.3) is 11.4 Å². The molecule has 0 unspecified atom stereocenters. The Bertz CT molecular complexity index is 814. The lowest BCUT2D eigenvalue weighted by atomic mass is 10.1. The summed E-state index contributed by atoms with van der Waals surface area (Å²) >= 11 is 5.99. The van der Waals surface area contributed by atoms with Gasteiger partial charge in [0.1, 0.15) is 0 Å². The molecule has 30 heavy (non-hydrogen) atoms. The van der Waals surface area contributed by atoms with E-state index in [-0.39, 0.29) is 36.6 Å². The van der Waals surface area contributed by atoms with Crippen molar-refractivity contribution in [2.45, 2.75) is 31.7 Å². The molecular formula is C19H26ClF2IN6O. The second kappa shape index (κ2) is 12.4. The summed E-state index contributed by atoms with van der Waals surface area (Å²) in [6, 6.07) is 7.50. The lowest BCUT2D eigenvalue weighted by Crippen LogP contribution is -2.49. The van der Waals surface area contributed by atoms with E-state index in [0.29, 0.717) is 48.8 Å². The van der Waals surface area contributed by atoms with Crippen molar-refractivity contribution in [1.82, 2.24) is 25.7 Å². The van der Waals surface area contributed by atoms with E-state index in [1.165, 1.54) is 0 Å². The van der Waals surface area contributed by atoms with Crippen molar-refractivity contribution in [3.8, 4) is 11.4 Å². The molecule has 0 saturated carbocycles. The van der Waals surface area contributed by atoms with Crippen LogP contribution in [0.5, 0.6) is 0 Å². The summed E-state index contributed by atoms with van der Waals surface area (Å²) in [5, 5.41) is 11.2. The number of halogens is 4. The second-order valence-corrected chi connectivity index (χ2v) is 7.32. The van der Waals surface area contributed by atoms with Gasteiger partial charge in [-0.25, -0.2) is 8.78 Å². The maximum absolute atomic E-state index is 12.5. The van der Waals surface area contributed by atoms with Gasteiger partial charge in [0.2, 0.25) is 11.7 Å². The van der Waals surface area contributed by atoms with Crippen LogP contribution in [0.3, 0.4) is 0 Å². The zero-order valence-corrected chi connectivity index (χ0v) is 19.7. The van der Waals surface area contributed by atoms with Crippen molar-refractivity contribution in [3.05, 3.63) is 35.2 Å². The summed E-state index contributed by atoms with van der Waals surface area (Å²) in [6.07, 6.45) is -0.126. The van der Waals surface area contributed by atoms with Crippen molar-refractivity contribution >= 4 is 41.5 Å². The summed E-state index contributed by atoms with van der Waals surface area (Å²) in [7, 11) is 1.70. The molecule has 0 amide bonds. The van der Waals surface area contributed by atoms with E-state index >= 15 is 0 Å². The normalized spacial score (nSPS) is 15.8. The van der Waals surface area contributed by atoms with Crippen LogP contribution in [0.15, 0.2) is 33.8 Å². The van der Waals surface area contributed by atoms with Gasteiger partial charge in [0, 0.05) is 49.7 Å². The first kappa shape index (κ1) is 24.7. The van der Waals surface area contributed by atoms with Crippen LogP contribution >= 0.6 is 35.6 Å². The van der Waals surface area contributed by atoms with Crippen LogP contribution in [-0.2, 0) is 6.42 Å². The van der Waals surface area contributed by atoms with E-state index in [2.05, 4.69) is 25.8 Å². The van der Waals surface area contributed by atoms with E-state index in [9.17, 15) is 8.78 Å². The Kier molecular flexibility index (Phi) is 10.2. The molecule has 0 atom stereocenters. The average Bonchev–Trinajstić information content (AvgIpc) is 3.17. The van der Waals surface area contributed by atoms with Crippen LogP contribution in [0.2, 0.25) is 5.02 Å². The highest BCUT2D eigenvalue weighted by atomic mass is 127. The molecule has 166 valence electrons. The van der Waals surface area contributed by atoms with E-state index in [0.717, 1.165) is 18.4 Å². The topological polar surface area (TPSA) is 78.6 Å². The molecule has 1 saturated heterocycles. The number of likely N-dealkylation sites (tertiary alicyclic amines) is 1. The van der Waals surface area contributed by atoms with Gasteiger partial charge < -0.3 is 15.2 Å². The third-order valence-corrected chi connectivity index (χ3v) is 4.97. The zero-order chi connectivity index (χ0) is 20.6. The number of guanidine groups is 1. The molecular weight excluding hydrogens is 529 g/mol. The number of aromatic nitrogens is 2. The zero-order valence-electron chi connectivity index (χ0n) is 16.7. The smallest absolute Gasteiger partial charge is 0.251 e. The fraction of sp³-hybridized carbons (Fsp3) is 0.526. The van der Waals surface area contributed by atoms with Crippen molar-refractivity contribution in [2.75, 3.05) is 33.2 Å². The van der Waals surface area contributed by atoms with Crippen LogP contribution in [-0.4, -0.2) is 66.7 Å². The minimum atomic E-state index is -2.28. The van der Waals surface area contributed by atoms with E-state index in [1.54, 1.807) is 24.1 Å². The van der Waals surface area contributed by atoms with Gasteiger partial charge in [-0.15, -0.1) is 24.0 Å². The SMILES string of the molecule is CN=C(NCCc1nc(-c2cccc(Cl)c2)no1)NC1CCN(CC(F)F)CC1.I. The second-order valence-electron chi connectivity index (χ2n) is 6.88. The van der Waals surface area contributed by atoms with Gasteiger partial charge in [-0.05, 0) is 25.0 Å². The average molecular weight is 555 g/mol. The highest BCUT2D eigenvalue weighted by molar-refractivity contribution is 14.0. The first-order chi connectivity index (χ1) is 14.0. The summed E-state index contributed by atoms with van der Waals surface area (Å²) in [4.78, 5) is 10.4. The predicted molar refractivity (Wildman–Crippen MR) is 124 cm³/mol. The summed E-state index contributed by atoms with van der Waals surface area (Å²) in [5.74, 6) is 1.69. The van der Waals surface area contributed by atoms with Crippen LogP contribution in [0, 0.1) is 0 Å². The van der Waals surface area contributed by atoms with Crippen molar-refractivity contribution < 1.29 is 13.3 Å². The maximum atomic E-state index is 12.5. The van der Waals surface area contributed by atoms with Crippen LogP contribution in [0.4, 0.5) is 8.78 Å². The summed E-state index contributed by atoms with van der Waals surface area (Å²) in [5.41, 5.74) is 0.802. The Hall–Kier alpha value is -1.53. The molecule has 0 spiro atoms. The third kappa shape index (κ3) is 7.62. The van der Waals surface area contributed by atoms with Gasteiger partial charge in [-0.1, -0.05) is 28.9 Å². The maximum Gasteiger partial charge on any atom is 0.251 e. The molecule has 1 fully saturated rings. The monoisotopic (exact) mass is 554 g/mol. The van der Waals surface area contributed by atoms with Gasteiger partial charge >= 0.3 is 0 Å². The van der Waals surface area contributed by atoms with Gasteiger partial charge in [0.05, 0.1) is 6.54 Å². The molecule has 11 heteroatoms. The Morgan fingerprint density at radius 1 is 1.37 bits per heavy atom. The number of hydrogen-bond acceptors (Lipinski definition) is 5. The van der Waals surface area contributed by atoms with Crippen LogP contribution in [0.1, 0.15) is 18.7 Å². The lowest BCUT2D eigenvalue weighted by molar-refractivity contribution is 0.0744. The number of alkyl halides is 2. The van der Waals surface area contributed by atoms with Gasteiger partial charge in [0.25, 0.3) is 6.43 Å². The first-order valence-corrected chi connectivity index (χ1v) is 9.97. The highest BCUT2D eigenvalue weighted by Crippen LogP contribution is 2.20. The van der Waals surface area contributed by atoms with Crippen molar-refractivity contribution in [2.24, 2.45) is 4.99 Å². The molecule has 0 aliphatic carbocycles. The van der Waals surface area contributed by atoms with Gasteiger partial charge in [-0.3, -0.25) is 9.89 Å². The number of rotatable bonds is 7. The summed E-state index contributed by atoms with van der Waals surface area (Å²) in [6.45, 7) is 1.74. The molecule has 0 bridgehead atoms. The minimum Gasteiger partial charge on any atom is -0.356 e. The van der Waals surface area contributed by atoms with Crippen molar-refractivity contribution in [1.29, 1.82) is 0 Å². The number of benzene rings is 1. The molecule has 1 aromatic heterocycles. The first-order valence-electron chi connectivity index (χ1n) is 9.59. The fourth-order valence-corrected chi connectivity index (χ4v) is 3.42. The lowest BCUT2D eigenvalue weighted by Gasteiger charge is -2.32. The molecule has 3 rings (SSSR count). The van der Waals surface area contributed by atoms with Crippen LogP contribution < -0.4 is 10.6 Å². The van der Waals surface area contributed by atoms with E-state index in [4.69, 9.17) is 16.1 Å². The molecule has 2 N–H and O–H groups in total. The minimum absolute atomic E-state index is 0. The molecule has 2 aromatic rings. The number of nitrogens with one attached hydrogen (secondary N) is 2. The Balaban J connectivity index is 0.00000320. The highest BCUT2D eigenvalue weighted by Gasteiger charge is 2.22. The molecule has 7 nitrogen and oxygen atoms in total. The number of hydrogen-bond donors (Lipinski definition) is 2. The molecule has 1 aliphatic heterocycles. The summed E-state index contributed by atoms with van der Waals surface area (Å²) < 4.78 is 30.2. The fourth-order valence-electron chi connectivity index (χ4n) is 3.23. The third-order valence-electron chi connectivity index (χ3n) is 4.73. The Morgan fingerprint density at radius 2 is 2.13 bits per heavy atom. The standard InChI is InChI=1S/C19H25ClF2N6O.HI/c1-23-19(25-15-6-9-28(10-7-15)12-16(21)22)24-8-5-17-26-18(27-29-17)13-3-2-4-14(20)11-13;/h2-4,11,15-16H,5-10,12H2,1H3,(H2,23,24,25);1H. The number of piperidine rings is 1. The predicted octanol–water partition coefficient (Wildman–Crippen LogP) is 3.45. The number of aliphatic imine (C=N–C) groups is 1. The Morgan fingerprint density at radius 3 is 2.80 bits per heavy atom. The molecule has 0 radical (unpaired) electrons. The van der Waals surface area contributed by atoms with Gasteiger partial charge in [-0.2, -0.15) is 4.98 Å². The molecule has 1 aliphatic rings. The largest absolute Gasteiger partial charge is 0.356 e. The molecule has 2 heterocycles. The van der Waals surface area contributed by atoms with E-state index < -0.39 is 6.43 Å². The van der Waals surface area contributed by atoms with Crippen molar-refractivity contribution in [3.63, 3.8) is 0 Å². The quantitative estimate of drug-likeness (QED) is 0.310. The van der Waals surface area contributed by atoms with E-state index in [1.807, 2.05) is 12.1 Å². The van der Waals surface area contributed by atoms with Gasteiger partial charge in [0.15, 0.2) is 5.96 Å². The number of nitrogens with zero attached hydrogens (tertiary/aromatic N) is 4. The molecule has 1 aromatic carbocycles.